The van der Waals surface area contributed by atoms with Crippen molar-refractivity contribution in [2.45, 2.75) is 20.3 Å². The molecule has 0 bridgehead atoms. The van der Waals surface area contributed by atoms with Crippen LogP contribution >= 0.6 is 0 Å². The third kappa shape index (κ3) is 4.17. The average Bonchev–Trinajstić information content (AvgIpc) is 3.03. The molecule has 0 aliphatic carbocycles. The van der Waals surface area contributed by atoms with E-state index in [1.165, 1.54) is 0 Å². The lowest BCUT2D eigenvalue weighted by molar-refractivity contribution is 0.273. The molecule has 3 aromatic rings. The number of aromatic nitrogens is 2. The first-order valence-corrected chi connectivity index (χ1v) is 9.38. The van der Waals surface area contributed by atoms with Crippen molar-refractivity contribution in [3.8, 4) is 17.6 Å². The fourth-order valence-corrected chi connectivity index (χ4v) is 3.00. The lowest BCUT2D eigenvalue weighted by Crippen LogP contribution is -2.02. The summed E-state index contributed by atoms with van der Waals surface area (Å²) in [6.07, 6.45) is 2.80. The smallest absolute Gasteiger partial charge is 0.161 e. The van der Waals surface area contributed by atoms with Crippen LogP contribution in [0.3, 0.4) is 0 Å². The first-order chi connectivity index (χ1) is 13.5. The minimum Gasteiger partial charge on any atom is -0.493 e. The van der Waals surface area contributed by atoms with E-state index in [2.05, 4.69) is 24.9 Å². The zero-order valence-electron chi connectivity index (χ0n) is 16.8. The van der Waals surface area contributed by atoms with Crippen molar-refractivity contribution in [2.24, 2.45) is 13.0 Å². The predicted molar refractivity (Wildman–Crippen MR) is 112 cm³/mol. The molecule has 0 saturated carbocycles. The van der Waals surface area contributed by atoms with Crippen molar-refractivity contribution in [1.82, 2.24) is 9.55 Å². The van der Waals surface area contributed by atoms with E-state index in [0.29, 0.717) is 35.4 Å². The SMILES string of the molecule is COc1cc(C=C(C#N)c2nc3ccccc3n2C)ccc1OCCC(C)C. The summed E-state index contributed by atoms with van der Waals surface area (Å²) >= 11 is 0. The highest BCUT2D eigenvalue weighted by Gasteiger charge is 2.13. The second-order valence-electron chi connectivity index (χ2n) is 7.09. The highest BCUT2D eigenvalue weighted by Crippen LogP contribution is 2.30. The molecular formula is C23H25N3O2. The Morgan fingerprint density at radius 2 is 2.00 bits per heavy atom. The highest BCUT2D eigenvalue weighted by molar-refractivity contribution is 5.91. The van der Waals surface area contributed by atoms with Gasteiger partial charge in [-0.1, -0.05) is 32.0 Å². The summed E-state index contributed by atoms with van der Waals surface area (Å²) in [5.74, 6) is 2.58. The van der Waals surface area contributed by atoms with E-state index in [0.717, 1.165) is 23.0 Å². The fourth-order valence-electron chi connectivity index (χ4n) is 3.00. The number of aryl methyl sites for hydroxylation is 1. The monoisotopic (exact) mass is 375 g/mol. The Hall–Kier alpha value is -3.26. The first-order valence-electron chi connectivity index (χ1n) is 9.38. The normalized spacial score (nSPS) is 11.6. The average molecular weight is 375 g/mol. The van der Waals surface area contributed by atoms with Gasteiger partial charge in [0, 0.05) is 7.05 Å². The van der Waals surface area contributed by atoms with Crippen molar-refractivity contribution in [3.63, 3.8) is 0 Å². The molecule has 0 saturated heterocycles. The van der Waals surface area contributed by atoms with E-state index in [1.807, 2.05) is 60.2 Å². The number of rotatable bonds is 7. The molecule has 1 aromatic heterocycles. The summed E-state index contributed by atoms with van der Waals surface area (Å²) in [7, 11) is 3.54. The molecule has 0 amide bonds. The van der Waals surface area contributed by atoms with Crippen LogP contribution in [0.15, 0.2) is 42.5 Å². The quantitative estimate of drug-likeness (QED) is 0.541. The Morgan fingerprint density at radius 1 is 1.21 bits per heavy atom. The molecule has 0 aliphatic rings. The number of allylic oxidation sites excluding steroid dienone is 1. The van der Waals surface area contributed by atoms with Crippen LogP contribution in [0.25, 0.3) is 22.7 Å². The van der Waals surface area contributed by atoms with Gasteiger partial charge in [-0.15, -0.1) is 0 Å². The van der Waals surface area contributed by atoms with Gasteiger partial charge in [0.1, 0.15) is 6.07 Å². The van der Waals surface area contributed by atoms with Crippen molar-refractivity contribution < 1.29 is 9.47 Å². The van der Waals surface area contributed by atoms with E-state index in [1.54, 1.807) is 7.11 Å². The minimum atomic E-state index is 0.495. The molecule has 0 spiro atoms. The van der Waals surface area contributed by atoms with Crippen molar-refractivity contribution in [2.75, 3.05) is 13.7 Å². The van der Waals surface area contributed by atoms with Gasteiger partial charge in [-0.2, -0.15) is 5.26 Å². The van der Waals surface area contributed by atoms with E-state index < -0.39 is 0 Å². The van der Waals surface area contributed by atoms with Gasteiger partial charge >= 0.3 is 0 Å². The summed E-state index contributed by atoms with van der Waals surface area (Å²) in [4.78, 5) is 4.61. The van der Waals surface area contributed by atoms with Gasteiger partial charge in [-0.3, -0.25) is 0 Å². The van der Waals surface area contributed by atoms with Crippen molar-refractivity contribution in [1.29, 1.82) is 5.26 Å². The number of para-hydroxylation sites is 2. The zero-order valence-corrected chi connectivity index (χ0v) is 16.8. The number of hydrogen-bond donors (Lipinski definition) is 0. The van der Waals surface area contributed by atoms with Crippen LogP contribution in [0.2, 0.25) is 0 Å². The summed E-state index contributed by atoms with van der Waals surface area (Å²) in [6, 6.07) is 15.8. The van der Waals surface area contributed by atoms with Gasteiger partial charge in [-0.25, -0.2) is 4.98 Å². The van der Waals surface area contributed by atoms with E-state index in [4.69, 9.17) is 9.47 Å². The molecule has 2 aromatic carbocycles. The standard InChI is InChI=1S/C23H25N3O2/c1-16(2)11-12-28-21-10-9-17(14-22(21)27-4)13-18(15-24)23-25-19-7-5-6-8-20(19)26(23)3/h5-10,13-14,16H,11-12H2,1-4H3. The number of methoxy groups -OCH3 is 1. The lowest BCUT2D eigenvalue weighted by Gasteiger charge is -2.12. The second-order valence-corrected chi connectivity index (χ2v) is 7.09. The fraction of sp³-hybridized carbons (Fsp3) is 0.304. The number of imidazole rings is 1. The molecule has 5 nitrogen and oxygen atoms in total. The molecule has 28 heavy (non-hydrogen) atoms. The highest BCUT2D eigenvalue weighted by atomic mass is 16.5. The molecule has 0 fully saturated rings. The lowest BCUT2D eigenvalue weighted by atomic mass is 10.1. The Labute approximate surface area is 165 Å². The van der Waals surface area contributed by atoms with Crippen molar-refractivity contribution >= 4 is 22.7 Å². The van der Waals surface area contributed by atoms with Gasteiger partial charge < -0.3 is 14.0 Å². The number of nitriles is 1. The minimum absolute atomic E-state index is 0.495. The van der Waals surface area contributed by atoms with E-state index >= 15 is 0 Å². The molecule has 0 aliphatic heterocycles. The van der Waals surface area contributed by atoms with Crippen LogP contribution < -0.4 is 9.47 Å². The predicted octanol–water partition coefficient (Wildman–Crippen LogP) is 5.07. The zero-order chi connectivity index (χ0) is 20.1. The maximum Gasteiger partial charge on any atom is 0.161 e. The number of nitrogens with zero attached hydrogens (tertiary/aromatic N) is 3. The van der Waals surface area contributed by atoms with Gasteiger partial charge in [0.15, 0.2) is 17.3 Å². The van der Waals surface area contributed by atoms with Crippen LogP contribution in [-0.2, 0) is 7.05 Å². The number of fused-ring (bicyclic) bond motifs is 1. The molecule has 0 N–H and O–H groups in total. The van der Waals surface area contributed by atoms with Crippen molar-refractivity contribution in [3.05, 3.63) is 53.9 Å². The molecule has 0 radical (unpaired) electrons. The topological polar surface area (TPSA) is 60.1 Å². The van der Waals surface area contributed by atoms with Gasteiger partial charge in [0.05, 0.1) is 30.3 Å². The molecular weight excluding hydrogens is 350 g/mol. The molecule has 0 atom stereocenters. The third-order valence-corrected chi connectivity index (χ3v) is 4.60. The first kappa shape index (κ1) is 19.5. The Kier molecular flexibility index (Phi) is 6.00. The van der Waals surface area contributed by atoms with E-state index in [-0.39, 0.29) is 0 Å². The van der Waals surface area contributed by atoms with Crippen LogP contribution in [0, 0.1) is 17.2 Å². The number of benzene rings is 2. The van der Waals surface area contributed by atoms with Crippen LogP contribution in [0.4, 0.5) is 0 Å². The maximum atomic E-state index is 9.71. The van der Waals surface area contributed by atoms with Gasteiger partial charge in [-0.05, 0) is 48.2 Å². The molecule has 0 unspecified atom stereocenters. The van der Waals surface area contributed by atoms with Crippen LogP contribution in [0.1, 0.15) is 31.7 Å². The van der Waals surface area contributed by atoms with Crippen LogP contribution in [-0.4, -0.2) is 23.3 Å². The largest absolute Gasteiger partial charge is 0.493 e. The van der Waals surface area contributed by atoms with E-state index in [9.17, 15) is 5.26 Å². The Bertz CT molecular complexity index is 1040. The summed E-state index contributed by atoms with van der Waals surface area (Å²) in [6.45, 7) is 4.98. The molecule has 3 rings (SSSR count). The third-order valence-electron chi connectivity index (χ3n) is 4.60. The van der Waals surface area contributed by atoms with Crippen LogP contribution in [0.5, 0.6) is 11.5 Å². The number of hydrogen-bond acceptors (Lipinski definition) is 4. The Morgan fingerprint density at radius 3 is 2.68 bits per heavy atom. The van der Waals surface area contributed by atoms with Gasteiger partial charge in [0.25, 0.3) is 0 Å². The summed E-state index contributed by atoms with van der Waals surface area (Å²) in [5.41, 5.74) is 3.21. The Balaban J connectivity index is 1.92. The molecule has 1 heterocycles. The molecule has 144 valence electrons. The second kappa shape index (κ2) is 8.62. The summed E-state index contributed by atoms with van der Waals surface area (Å²) in [5, 5.41) is 9.71. The number of ether oxygens (including phenoxy) is 2. The molecule has 5 heteroatoms. The van der Waals surface area contributed by atoms with Gasteiger partial charge in [0.2, 0.25) is 0 Å². The summed E-state index contributed by atoms with van der Waals surface area (Å²) < 4.78 is 13.3. The maximum absolute atomic E-state index is 9.71.